The molecule has 3 heteroatoms. The minimum absolute atomic E-state index is 0.00125. The van der Waals surface area contributed by atoms with Crippen LogP contribution in [0.5, 0.6) is 0 Å². The van der Waals surface area contributed by atoms with Crippen LogP contribution < -0.4 is 0 Å². The largest absolute Gasteiger partial charge is 0.453 e. The number of ketones is 1. The standard InChI is InChI=1S/C15H19NO2/c1-10-6-7-12-11(8-10)9-13(18-12)14(17)15(2,3)16(4)5/h6-9H,1-5H3. The van der Waals surface area contributed by atoms with Crippen LogP contribution in [0, 0.1) is 6.92 Å². The van der Waals surface area contributed by atoms with Crippen molar-refractivity contribution in [2.24, 2.45) is 0 Å². The summed E-state index contributed by atoms with van der Waals surface area (Å²) in [5.74, 6) is 0.427. The van der Waals surface area contributed by atoms with Crippen LogP contribution >= 0.6 is 0 Å². The Kier molecular flexibility index (Phi) is 3.03. The van der Waals surface area contributed by atoms with Gasteiger partial charge >= 0.3 is 0 Å². The summed E-state index contributed by atoms with van der Waals surface area (Å²) < 4.78 is 5.65. The van der Waals surface area contributed by atoms with E-state index in [2.05, 4.69) is 0 Å². The Hall–Kier alpha value is -1.61. The highest BCUT2D eigenvalue weighted by atomic mass is 16.3. The lowest BCUT2D eigenvalue weighted by Crippen LogP contribution is -2.45. The Balaban J connectivity index is 2.46. The van der Waals surface area contributed by atoms with E-state index in [1.54, 1.807) is 0 Å². The van der Waals surface area contributed by atoms with Gasteiger partial charge in [0.25, 0.3) is 0 Å². The molecule has 2 aromatic rings. The zero-order valence-electron chi connectivity index (χ0n) is 11.6. The number of benzene rings is 1. The average Bonchev–Trinajstić information content (AvgIpc) is 2.70. The molecule has 0 aliphatic rings. The predicted octanol–water partition coefficient (Wildman–Crippen LogP) is 3.26. The third kappa shape index (κ3) is 2.06. The highest BCUT2D eigenvalue weighted by Gasteiger charge is 2.33. The maximum absolute atomic E-state index is 12.4. The van der Waals surface area contributed by atoms with Gasteiger partial charge in [-0.1, -0.05) is 11.6 Å². The fourth-order valence-corrected chi connectivity index (χ4v) is 1.78. The number of aryl methyl sites for hydroxylation is 1. The molecule has 0 bridgehead atoms. The maximum Gasteiger partial charge on any atom is 0.217 e. The van der Waals surface area contributed by atoms with Crippen molar-refractivity contribution in [3.8, 4) is 0 Å². The highest BCUT2D eigenvalue weighted by Crippen LogP contribution is 2.25. The lowest BCUT2D eigenvalue weighted by atomic mass is 9.96. The predicted molar refractivity (Wildman–Crippen MR) is 73.0 cm³/mol. The second kappa shape index (κ2) is 4.25. The zero-order chi connectivity index (χ0) is 13.5. The molecule has 96 valence electrons. The van der Waals surface area contributed by atoms with Gasteiger partial charge < -0.3 is 4.42 Å². The van der Waals surface area contributed by atoms with Gasteiger partial charge in [0.15, 0.2) is 5.76 Å². The van der Waals surface area contributed by atoms with Gasteiger partial charge in [-0.2, -0.15) is 0 Å². The monoisotopic (exact) mass is 245 g/mol. The molecule has 0 unspecified atom stereocenters. The Morgan fingerprint density at radius 2 is 1.89 bits per heavy atom. The quantitative estimate of drug-likeness (QED) is 0.778. The first-order valence-corrected chi connectivity index (χ1v) is 6.05. The molecule has 0 fully saturated rings. The zero-order valence-corrected chi connectivity index (χ0v) is 11.6. The summed E-state index contributed by atoms with van der Waals surface area (Å²) >= 11 is 0. The molecule has 0 atom stereocenters. The number of hydrogen-bond acceptors (Lipinski definition) is 3. The number of carbonyl (C=O) groups excluding carboxylic acids is 1. The van der Waals surface area contributed by atoms with Crippen LogP contribution in [0.15, 0.2) is 28.7 Å². The van der Waals surface area contributed by atoms with E-state index >= 15 is 0 Å². The van der Waals surface area contributed by atoms with Gasteiger partial charge in [-0.15, -0.1) is 0 Å². The van der Waals surface area contributed by atoms with Crippen molar-refractivity contribution in [3.05, 3.63) is 35.6 Å². The van der Waals surface area contributed by atoms with Crippen LogP contribution in [0.4, 0.5) is 0 Å². The van der Waals surface area contributed by atoms with E-state index in [9.17, 15) is 4.79 Å². The minimum atomic E-state index is -0.567. The molecular formula is C15H19NO2. The fraction of sp³-hybridized carbons (Fsp3) is 0.400. The number of carbonyl (C=O) groups is 1. The van der Waals surface area contributed by atoms with E-state index < -0.39 is 5.54 Å². The van der Waals surface area contributed by atoms with E-state index in [0.717, 1.165) is 16.5 Å². The molecule has 1 heterocycles. The van der Waals surface area contributed by atoms with Gasteiger partial charge in [0.05, 0.1) is 5.54 Å². The number of hydrogen-bond donors (Lipinski definition) is 0. The second-order valence-corrected chi connectivity index (χ2v) is 5.43. The third-order valence-electron chi connectivity index (χ3n) is 3.57. The molecule has 2 rings (SSSR count). The van der Waals surface area contributed by atoms with Crippen LogP contribution in [-0.2, 0) is 0 Å². The van der Waals surface area contributed by atoms with E-state index in [4.69, 9.17) is 4.42 Å². The summed E-state index contributed by atoms with van der Waals surface area (Å²) in [4.78, 5) is 14.3. The van der Waals surface area contributed by atoms with E-state index in [-0.39, 0.29) is 5.78 Å². The highest BCUT2D eigenvalue weighted by molar-refractivity contribution is 6.03. The lowest BCUT2D eigenvalue weighted by Gasteiger charge is -2.29. The fourth-order valence-electron chi connectivity index (χ4n) is 1.78. The van der Waals surface area contributed by atoms with Gasteiger partial charge in [-0.3, -0.25) is 9.69 Å². The number of likely N-dealkylation sites (N-methyl/N-ethyl adjacent to an activating group) is 1. The Labute approximate surface area is 107 Å². The van der Waals surface area contributed by atoms with Crippen molar-refractivity contribution in [1.82, 2.24) is 4.90 Å². The number of furan rings is 1. The smallest absolute Gasteiger partial charge is 0.217 e. The van der Waals surface area contributed by atoms with Crippen LogP contribution in [0.2, 0.25) is 0 Å². The van der Waals surface area contributed by atoms with Crippen molar-refractivity contribution < 1.29 is 9.21 Å². The molecule has 0 saturated heterocycles. The van der Waals surface area contributed by atoms with Crippen LogP contribution in [0.25, 0.3) is 11.0 Å². The number of fused-ring (bicyclic) bond motifs is 1. The first-order valence-electron chi connectivity index (χ1n) is 6.05. The molecule has 0 spiro atoms. The van der Waals surface area contributed by atoms with E-state index in [1.807, 2.05) is 64.0 Å². The molecule has 0 N–H and O–H groups in total. The molecular weight excluding hydrogens is 226 g/mol. The van der Waals surface area contributed by atoms with Gasteiger partial charge in [-0.05, 0) is 53.1 Å². The third-order valence-corrected chi connectivity index (χ3v) is 3.57. The van der Waals surface area contributed by atoms with Crippen LogP contribution in [-0.4, -0.2) is 30.3 Å². The van der Waals surface area contributed by atoms with Crippen molar-refractivity contribution in [2.75, 3.05) is 14.1 Å². The van der Waals surface area contributed by atoms with Crippen LogP contribution in [0.3, 0.4) is 0 Å². The van der Waals surface area contributed by atoms with Crippen molar-refractivity contribution >= 4 is 16.8 Å². The Bertz CT molecular complexity index is 594. The average molecular weight is 245 g/mol. The van der Waals surface area contributed by atoms with Gasteiger partial charge in [0, 0.05) is 5.39 Å². The first-order chi connectivity index (χ1) is 8.32. The molecule has 18 heavy (non-hydrogen) atoms. The summed E-state index contributed by atoms with van der Waals surface area (Å²) in [6, 6.07) is 7.75. The molecule has 0 saturated carbocycles. The Morgan fingerprint density at radius 1 is 1.22 bits per heavy atom. The van der Waals surface area contributed by atoms with Crippen molar-refractivity contribution in [1.29, 1.82) is 0 Å². The molecule has 0 amide bonds. The van der Waals surface area contributed by atoms with Gasteiger partial charge in [0.1, 0.15) is 5.58 Å². The van der Waals surface area contributed by atoms with Gasteiger partial charge in [-0.25, -0.2) is 0 Å². The Morgan fingerprint density at radius 3 is 2.50 bits per heavy atom. The first kappa shape index (κ1) is 12.8. The molecule has 0 radical (unpaired) electrons. The van der Waals surface area contributed by atoms with Crippen molar-refractivity contribution in [2.45, 2.75) is 26.3 Å². The topological polar surface area (TPSA) is 33.5 Å². The van der Waals surface area contributed by atoms with E-state index in [0.29, 0.717) is 5.76 Å². The summed E-state index contributed by atoms with van der Waals surface area (Å²) in [6.07, 6.45) is 0. The normalized spacial score (nSPS) is 12.3. The summed E-state index contributed by atoms with van der Waals surface area (Å²) in [5.41, 5.74) is 1.36. The number of rotatable bonds is 3. The second-order valence-electron chi connectivity index (χ2n) is 5.43. The van der Waals surface area contributed by atoms with Gasteiger partial charge in [0.2, 0.25) is 5.78 Å². The molecule has 1 aromatic carbocycles. The number of nitrogens with zero attached hydrogens (tertiary/aromatic N) is 1. The molecule has 1 aromatic heterocycles. The lowest BCUT2D eigenvalue weighted by molar-refractivity contribution is 0.0727. The summed E-state index contributed by atoms with van der Waals surface area (Å²) in [5, 5.41) is 0.980. The van der Waals surface area contributed by atoms with Crippen LogP contribution in [0.1, 0.15) is 30.0 Å². The minimum Gasteiger partial charge on any atom is -0.453 e. The summed E-state index contributed by atoms with van der Waals surface area (Å²) in [7, 11) is 3.79. The molecule has 0 aliphatic heterocycles. The maximum atomic E-state index is 12.4. The number of Topliss-reactive ketones (excluding diaryl/α,β-unsaturated/α-hetero) is 1. The molecule has 0 aliphatic carbocycles. The van der Waals surface area contributed by atoms with Crippen molar-refractivity contribution in [3.63, 3.8) is 0 Å². The van der Waals surface area contributed by atoms with E-state index in [1.165, 1.54) is 0 Å². The molecule has 3 nitrogen and oxygen atoms in total. The summed E-state index contributed by atoms with van der Waals surface area (Å²) in [6.45, 7) is 5.82. The SMILES string of the molecule is Cc1ccc2oc(C(=O)C(C)(C)N(C)C)cc2c1.